The molecule has 1 fully saturated rings. The van der Waals surface area contributed by atoms with Gasteiger partial charge in [-0.1, -0.05) is 38.0 Å². The van der Waals surface area contributed by atoms with Crippen LogP contribution in [0.1, 0.15) is 37.7 Å². The third kappa shape index (κ3) is 4.80. The van der Waals surface area contributed by atoms with E-state index in [0.29, 0.717) is 5.92 Å². The van der Waals surface area contributed by atoms with Gasteiger partial charge in [-0.2, -0.15) is 24.6 Å². The van der Waals surface area contributed by atoms with Crippen molar-refractivity contribution >= 4 is 5.69 Å². The van der Waals surface area contributed by atoms with Crippen LogP contribution in [0.2, 0.25) is 0 Å². The van der Waals surface area contributed by atoms with Crippen LogP contribution in [-0.2, 0) is 0 Å². The van der Waals surface area contributed by atoms with E-state index in [4.69, 9.17) is 0 Å². The van der Waals surface area contributed by atoms with Gasteiger partial charge in [0, 0.05) is 11.4 Å². The fourth-order valence-electron chi connectivity index (χ4n) is 2.33. The van der Waals surface area contributed by atoms with Crippen LogP contribution >= 0.6 is 0 Å². The van der Waals surface area contributed by atoms with Gasteiger partial charge < -0.3 is 5.32 Å². The number of hydrogen-bond acceptors (Lipinski definition) is 1. The average Bonchev–Trinajstić information content (AvgIpc) is 2.33. The van der Waals surface area contributed by atoms with Gasteiger partial charge in [0.05, 0.1) is 0 Å². The minimum atomic E-state index is 0. The Hall–Kier alpha value is 0.266. The van der Waals surface area contributed by atoms with Crippen molar-refractivity contribution in [3.8, 4) is 0 Å². The molecule has 0 atom stereocenters. The largest absolute Gasteiger partial charge is 1.00 e. The summed E-state index contributed by atoms with van der Waals surface area (Å²) in [5.41, 5.74) is 3.35. The molecule has 2 heteroatoms. The normalized spacial score (nSPS) is 16.0. The van der Waals surface area contributed by atoms with Crippen molar-refractivity contribution in [2.75, 3.05) is 5.32 Å². The van der Waals surface area contributed by atoms with E-state index in [1.54, 1.807) is 0 Å². The SMILES string of the molecule is C=C(Nc1ccc([CH2-])cc1)C1CCCCC1.[K+]. The molecule has 0 amide bonds. The maximum atomic E-state index is 4.17. The Kier molecular flexibility index (Phi) is 6.89. The molecule has 0 saturated heterocycles. The summed E-state index contributed by atoms with van der Waals surface area (Å²) in [6.45, 7) is 8.05. The average molecular weight is 253 g/mol. The molecular weight excluding hydrogens is 233 g/mol. The first-order valence-corrected chi connectivity index (χ1v) is 6.13. The summed E-state index contributed by atoms with van der Waals surface area (Å²) in [6.07, 6.45) is 6.67. The van der Waals surface area contributed by atoms with Crippen LogP contribution in [0.15, 0.2) is 36.5 Å². The van der Waals surface area contributed by atoms with Crippen LogP contribution in [0.4, 0.5) is 5.69 Å². The van der Waals surface area contributed by atoms with Gasteiger partial charge in [-0.25, -0.2) is 0 Å². The maximum Gasteiger partial charge on any atom is 1.00 e. The molecule has 0 aliphatic heterocycles. The van der Waals surface area contributed by atoms with Gasteiger partial charge >= 0.3 is 51.4 Å². The number of benzene rings is 1. The second kappa shape index (κ2) is 7.65. The van der Waals surface area contributed by atoms with Gasteiger partial charge in [0.15, 0.2) is 0 Å². The fraction of sp³-hybridized carbons (Fsp3) is 0.400. The summed E-state index contributed by atoms with van der Waals surface area (Å²) in [5, 5.41) is 3.42. The zero-order chi connectivity index (χ0) is 11.4. The minimum Gasteiger partial charge on any atom is -0.361 e. The molecule has 0 radical (unpaired) electrons. The van der Waals surface area contributed by atoms with E-state index in [1.165, 1.54) is 37.8 Å². The van der Waals surface area contributed by atoms with Crippen molar-refractivity contribution in [1.82, 2.24) is 0 Å². The molecule has 1 N–H and O–H groups in total. The molecule has 0 heterocycles. The number of hydrogen-bond donors (Lipinski definition) is 1. The topological polar surface area (TPSA) is 12.0 Å². The van der Waals surface area contributed by atoms with Crippen molar-refractivity contribution in [2.24, 2.45) is 5.92 Å². The quantitative estimate of drug-likeness (QED) is 0.634. The zero-order valence-corrected chi connectivity index (χ0v) is 14.0. The monoisotopic (exact) mass is 253 g/mol. The third-order valence-electron chi connectivity index (χ3n) is 3.36. The van der Waals surface area contributed by atoms with Gasteiger partial charge in [-0.15, -0.1) is 0 Å². The Balaban J connectivity index is 0.00000144. The Morgan fingerprint density at radius 2 is 1.71 bits per heavy atom. The molecule has 0 unspecified atom stereocenters. The first kappa shape index (κ1) is 15.3. The van der Waals surface area contributed by atoms with Gasteiger partial charge in [-0.05, 0) is 18.8 Å². The van der Waals surface area contributed by atoms with E-state index in [2.05, 4.69) is 31.0 Å². The molecular formula is C15H20KN. The van der Waals surface area contributed by atoms with Crippen LogP contribution in [0, 0.1) is 12.8 Å². The molecule has 1 aliphatic rings. The summed E-state index contributed by atoms with van der Waals surface area (Å²) >= 11 is 0. The number of rotatable bonds is 3. The van der Waals surface area contributed by atoms with E-state index in [1.807, 2.05) is 12.1 Å². The Morgan fingerprint density at radius 1 is 1.12 bits per heavy atom. The molecule has 86 valence electrons. The maximum absolute atomic E-state index is 4.17. The van der Waals surface area contributed by atoms with Crippen LogP contribution in [0.5, 0.6) is 0 Å². The predicted octanol–water partition coefficient (Wildman–Crippen LogP) is 1.38. The number of allylic oxidation sites excluding steroid dienone is 1. The molecule has 0 bridgehead atoms. The van der Waals surface area contributed by atoms with E-state index >= 15 is 0 Å². The second-order valence-electron chi connectivity index (χ2n) is 4.68. The van der Waals surface area contributed by atoms with Crippen LogP contribution in [0.25, 0.3) is 0 Å². The van der Waals surface area contributed by atoms with Crippen molar-refractivity contribution in [2.45, 2.75) is 32.1 Å². The molecule has 1 aromatic carbocycles. The molecule has 0 spiro atoms. The Morgan fingerprint density at radius 3 is 2.29 bits per heavy atom. The summed E-state index contributed by atoms with van der Waals surface area (Å²) in [6, 6.07) is 8.18. The van der Waals surface area contributed by atoms with Crippen LogP contribution in [-0.4, -0.2) is 0 Å². The molecule has 17 heavy (non-hydrogen) atoms. The Bertz CT molecular complexity index is 350. The summed E-state index contributed by atoms with van der Waals surface area (Å²) in [4.78, 5) is 0. The standard InChI is InChI=1S/C15H20N.K/c1-12-8-10-15(11-9-12)16-13(2)14-6-4-3-5-7-14;/h8-11,14,16H,1-7H2;/q-1;+1. The summed E-state index contributed by atoms with van der Waals surface area (Å²) < 4.78 is 0. The van der Waals surface area contributed by atoms with Gasteiger partial charge in [0.2, 0.25) is 0 Å². The van der Waals surface area contributed by atoms with Crippen LogP contribution in [0.3, 0.4) is 0 Å². The first-order chi connectivity index (χ1) is 7.75. The van der Waals surface area contributed by atoms with Gasteiger partial charge in [0.25, 0.3) is 0 Å². The van der Waals surface area contributed by atoms with E-state index in [-0.39, 0.29) is 51.4 Å². The molecule has 2 rings (SSSR count). The predicted molar refractivity (Wildman–Crippen MR) is 70.2 cm³/mol. The third-order valence-corrected chi connectivity index (χ3v) is 3.36. The second-order valence-corrected chi connectivity index (χ2v) is 4.68. The molecule has 1 aromatic rings. The van der Waals surface area contributed by atoms with E-state index < -0.39 is 0 Å². The first-order valence-electron chi connectivity index (χ1n) is 6.13. The Labute approximate surface area is 147 Å². The molecule has 0 aromatic heterocycles. The van der Waals surface area contributed by atoms with Gasteiger partial charge in [0.1, 0.15) is 0 Å². The molecule has 1 aliphatic carbocycles. The minimum absolute atomic E-state index is 0. The van der Waals surface area contributed by atoms with Crippen LogP contribution < -0.4 is 56.7 Å². The van der Waals surface area contributed by atoms with Gasteiger partial charge in [-0.3, -0.25) is 0 Å². The molecule has 1 saturated carbocycles. The van der Waals surface area contributed by atoms with Crippen molar-refractivity contribution in [3.05, 3.63) is 49.0 Å². The summed E-state index contributed by atoms with van der Waals surface area (Å²) in [5.74, 6) is 0.660. The van der Waals surface area contributed by atoms with Crippen molar-refractivity contribution in [3.63, 3.8) is 0 Å². The van der Waals surface area contributed by atoms with Crippen molar-refractivity contribution in [1.29, 1.82) is 0 Å². The fourth-order valence-corrected chi connectivity index (χ4v) is 2.33. The summed E-state index contributed by atoms with van der Waals surface area (Å²) in [7, 11) is 0. The van der Waals surface area contributed by atoms with E-state index in [0.717, 1.165) is 11.3 Å². The van der Waals surface area contributed by atoms with E-state index in [9.17, 15) is 0 Å². The van der Waals surface area contributed by atoms with Crippen molar-refractivity contribution < 1.29 is 51.4 Å². The smallest absolute Gasteiger partial charge is 0.361 e. The number of anilines is 1. The molecule has 1 nitrogen and oxygen atoms in total. The zero-order valence-electron chi connectivity index (χ0n) is 10.8. The number of nitrogens with one attached hydrogen (secondary N) is 1.